The Morgan fingerprint density at radius 2 is 1.45 bits per heavy atom. The average Bonchev–Trinajstić information content (AvgIpc) is 2.46. The highest BCUT2D eigenvalue weighted by atomic mass is 79.9. The summed E-state index contributed by atoms with van der Waals surface area (Å²) in [7, 11) is 0. The summed E-state index contributed by atoms with van der Waals surface area (Å²) in [5.74, 6) is -3.62. The lowest BCUT2D eigenvalue weighted by Crippen LogP contribution is -2.26. The third-order valence-corrected chi connectivity index (χ3v) is 3.24. The molecule has 0 spiro atoms. The van der Waals surface area contributed by atoms with Gasteiger partial charge in [-0.2, -0.15) is 0 Å². The van der Waals surface area contributed by atoms with Crippen LogP contribution in [-0.2, 0) is 0 Å². The van der Waals surface area contributed by atoms with Crippen LogP contribution >= 0.6 is 15.9 Å². The maximum absolute atomic E-state index is 12.1. The lowest BCUT2D eigenvalue weighted by atomic mass is 10.1. The number of benzene rings is 2. The number of hydrogen-bond acceptors (Lipinski definition) is 5. The maximum Gasteiger partial charge on any atom is 0.255 e. The molecule has 0 aliphatic heterocycles. The zero-order valence-electron chi connectivity index (χ0n) is 11.0. The quantitative estimate of drug-likeness (QED) is 0.848. The number of carboxylic acid groups (broad SMARTS) is 2. The van der Waals surface area contributed by atoms with Gasteiger partial charge in [0.2, 0.25) is 0 Å². The molecule has 0 aliphatic rings. The van der Waals surface area contributed by atoms with Crippen LogP contribution in [0.25, 0.3) is 0 Å². The van der Waals surface area contributed by atoms with Crippen molar-refractivity contribution in [2.45, 2.75) is 0 Å². The normalized spacial score (nSPS) is 10.0. The number of carboxylic acids is 2. The van der Waals surface area contributed by atoms with Gasteiger partial charge in [-0.25, -0.2) is 0 Å². The van der Waals surface area contributed by atoms with E-state index in [1.807, 2.05) is 0 Å². The van der Waals surface area contributed by atoms with Gasteiger partial charge in [-0.05, 0) is 47.5 Å². The molecule has 2 aromatic carbocycles. The number of rotatable bonds is 4. The predicted molar refractivity (Wildman–Crippen MR) is 77.2 cm³/mol. The number of hydrogen-bond donors (Lipinski definition) is 1. The summed E-state index contributed by atoms with van der Waals surface area (Å²) in [4.78, 5) is 33.8. The molecule has 0 radical (unpaired) electrons. The lowest BCUT2D eigenvalue weighted by Gasteiger charge is -2.12. The first kappa shape index (κ1) is 15.7. The standard InChI is InChI=1S/C15H10BrNO5/c16-11-3-1-2-8(5-11)13(18)17-12-6-9(14(19)20)4-10(7-12)15(21)22/h1-7H,(H,17,18)(H,19,20)(H,21,22)/p-2. The Morgan fingerprint density at radius 3 is 1.95 bits per heavy atom. The summed E-state index contributed by atoms with van der Waals surface area (Å²) in [5, 5.41) is 24.2. The Bertz CT molecular complexity index is 740. The van der Waals surface area contributed by atoms with Crippen molar-refractivity contribution in [3.8, 4) is 0 Å². The van der Waals surface area contributed by atoms with Crippen LogP contribution in [0.2, 0.25) is 0 Å². The predicted octanol–water partition coefficient (Wildman–Crippen LogP) is 0.428. The van der Waals surface area contributed by atoms with E-state index < -0.39 is 17.8 Å². The fraction of sp³-hybridized carbons (Fsp3) is 0. The number of nitrogens with one attached hydrogen (secondary N) is 1. The van der Waals surface area contributed by atoms with Gasteiger partial charge in [0.25, 0.3) is 5.91 Å². The van der Waals surface area contributed by atoms with Crippen molar-refractivity contribution < 1.29 is 24.6 Å². The number of carbonyl (C=O) groups excluding carboxylic acids is 3. The Hall–Kier alpha value is -2.67. The van der Waals surface area contributed by atoms with Crippen LogP contribution in [0.1, 0.15) is 31.1 Å². The molecule has 0 fully saturated rings. The topological polar surface area (TPSA) is 109 Å². The van der Waals surface area contributed by atoms with E-state index in [1.165, 1.54) is 0 Å². The van der Waals surface area contributed by atoms with E-state index in [0.717, 1.165) is 18.2 Å². The molecule has 2 aromatic rings. The molecule has 7 heteroatoms. The average molecular weight is 362 g/mol. The molecule has 22 heavy (non-hydrogen) atoms. The smallest absolute Gasteiger partial charge is 0.255 e. The molecule has 0 unspecified atom stereocenters. The van der Waals surface area contributed by atoms with E-state index in [-0.39, 0.29) is 16.8 Å². The molecular formula is C15H8BrNO5-2. The van der Waals surface area contributed by atoms with E-state index in [0.29, 0.717) is 10.0 Å². The van der Waals surface area contributed by atoms with Crippen molar-refractivity contribution in [2.75, 3.05) is 5.32 Å². The highest BCUT2D eigenvalue weighted by Gasteiger charge is 2.09. The van der Waals surface area contributed by atoms with Gasteiger partial charge in [-0.3, -0.25) is 4.79 Å². The second-order valence-electron chi connectivity index (χ2n) is 4.34. The molecule has 0 aliphatic carbocycles. The Kier molecular flexibility index (Phi) is 4.57. The number of carbonyl (C=O) groups is 3. The minimum absolute atomic E-state index is 0.0193. The number of amides is 1. The van der Waals surface area contributed by atoms with Gasteiger partial charge in [0.05, 0.1) is 11.9 Å². The van der Waals surface area contributed by atoms with Gasteiger partial charge >= 0.3 is 0 Å². The summed E-state index contributed by atoms with van der Waals surface area (Å²) in [5.41, 5.74) is -0.397. The van der Waals surface area contributed by atoms with Crippen LogP contribution in [0, 0.1) is 0 Å². The number of anilines is 1. The monoisotopic (exact) mass is 361 g/mol. The molecule has 0 atom stereocenters. The number of halogens is 1. The van der Waals surface area contributed by atoms with E-state index in [2.05, 4.69) is 21.2 Å². The van der Waals surface area contributed by atoms with Crippen LogP contribution < -0.4 is 15.5 Å². The molecule has 1 amide bonds. The first-order valence-electron chi connectivity index (χ1n) is 6.01. The highest BCUT2D eigenvalue weighted by Crippen LogP contribution is 2.17. The van der Waals surface area contributed by atoms with Gasteiger partial charge < -0.3 is 25.1 Å². The minimum atomic E-state index is -1.55. The van der Waals surface area contributed by atoms with E-state index in [1.54, 1.807) is 24.3 Å². The Morgan fingerprint density at radius 1 is 0.864 bits per heavy atom. The summed E-state index contributed by atoms with van der Waals surface area (Å²) < 4.78 is 0.694. The van der Waals surface area contributed by atoms with Crippen LogP contribution in [0.4, 0.5) is 5.69 Å². The third-order valence-electron chi connectivity index (χ3n) is 2.75. The fourth-order valence-electron chi connectivity index (χ4n) is 1.77. The first-order valence-corrected chi connectivity index (χ1v) is 6.81. The fourth-order valence-corrected chi connectivity index (χ4v) is 2.17. The van der Waals surface area contributed by atoms with Gasteiger partial charge in [-0.1, -0.05) is 22.0 Å². The van der Waals surface area contributed by atoms with E-state index in [9.17, 15) is 24.6 Å². The molecule has 6 nitrogen and oxygen atoms in total. The minimum Gasteiger partial charge on any atom is -0.545 e. The highest BCUT2D eigenvalue weighted by molar-refractivity contribution is 9.10. The van der Waals surface area contributed by atoms with Crippen LogP contribution in [-0.4, -0.2) is 17.8 Å². The van der Waals surface area contributed by atoms with Crippen molar-refractivity contribution in [1.29, 1.82) is 0 Å². The lowest BCUT2D eigenvalue weighted by molar-refractivity contribution is -0.255. The molecule has 2 rings (SSSR count). The third kappa shape index (κ3) is 3.70. The van der Waals surface area contributed by atoms with Gasteiger partial charge in [0.15, 0.2) is 0 Å². The summed E-state index contributed by atoms with van der Waals surface area (Å²) >= 11 is 3.23. The van der Waals surface area contributed by atoms with E-state index >= 15 is 0 Å². The van der Waals surface area contributed by atoms with Crippen molar-refractivity contribution >= 4 is 39.5 Å². The zero-order valence-corrected chi connectivity index (χ0v) is 12.5. The van der Waals surface area contributed by atoms with Gasteiger partial charge in [0, 0.05) is 15.7 Å². The largest absolute Gasteiger partial charge is 0.545 e. The van der Waals surface area contributed by atoms with Crippen molar-refractivity contribution in [3.63, 3.8) is 0 Å². The van der Waals surface area contributed by atoms with Crippen molar-refractivity contribution in [3.05, 3.63) is 63.6 Å². The second-order valence-corrected chi connectivity index (χ2v) is 5.25. The molecular weight excluding hydrogens is 354 g/mol. The van der Waals surface area contributed by atoms with E-state index in [4.69, 9.17) is 0 Å². The van der Waals surface area contributed by atoms with Gasteiger partial charge in [0.1, 0.15) is 0 Å². The van der Waals surface area contributed by atoms with Gasteiger partial charge in [-0.15, -0.1) is 0 Å². The van der Waals surface area contributed by atoms with Crippen LogP contribution in [0.5, 0.6) is 0 Å². The zero-order chi connectivity index (χ0) is 16.3. The SMILES string of the molecule is O=C([O-])c1cc(NC(=O)c2cccc(Br)c2)cc(C(=O)[O-])c1. The van der Waals surface area contributed by atoms with Crippen molar-refractivity contribution in [1.82, 2.24) is 0 Å². The molecule has 0 heterocycles. The maximum atomic E-state index is 12.1. The molecule has 0 aromatic heterocycles. The first-order chi connectivity index (χ1) is 10.4. The molecule has 0 saturated carbocycles. The summed E-state index contributed by atoms with van der Waals surface area (Å²) in [6, 6.07) is 9.64. The molecule has 0 saturated heterocycles. The summed E-state index contributed by atoms with van der Waals surface area (Å²) in [6.45, 7) is 0. The Labute approximate surface area is 133 Å². The van der Waals surface area contributed by atoms with Crippen molar-refractivity contribution in [2.24, 2.45) is 0 Å². The Balaban J connectivity index is 2.34. The van der Waals surface area contributed by atoms with Crippen LogP contribution in [0.3, 0.4) is 0 Å². The molecule has 1 N–H and O–H groups in total. The summed E-state index contributed by atoms with van der Waals surface area (Å²) in [6.07, 6.45) is 0. The van der Waals surface area contributed by atoms with Crippen LogP contribution in [0.15, 0.2) is 46.9 Å². The molecule has 112 valence electrons. The number of aromatic carboxylic acids is 2. The second kappa shape index (κ2) is 6.40. The molecule has 0 bridgehead atoms.